The summed E-state index contributed by atoms with van der Waals surface area (Å²) in [6.07, 6.45) is 5.37. The Kier molecular flexibility index (Phi) is 8.14. The van der Waals surface area contributed by atoms with Crippen LogP contribution in [0.15, 0.2) is 48.5 Å². The number of rotatable bonds is 10. The molecule has 0 aliphatic rings. The second kappa shape index (κ2) is 9.90. The molecule has 0 atom stereocenters. The average Bonchev–Trinajstić information content (AvgIpc) is 2.65. The van der Waals surface area contributed by atoms with Crippen LogP contribution in [0, 0.1) is 13.8 Å². The minimum absolute atomic E-state index is 0.329. The van der Waals surface area contributed by atoms with Gasteiger partial charge in [0.05, 0.1) is 13.0 Å². The number of hydrogen-bond acceptors (Lipinski definition) is 2. The molecule has 0 N–H and O–H groups in total. The molecule has 0 saturated heterocycles. The fourth-order valence-corrected chi connectivity index (χ4v) is 13.2. The third-order valence-electron chi connectivity index (χ3n) is 5.30. The molecule has 0 spiro atoms. The van der Waals surface area contributed by atoms with Gasteiger partial charge >= 0.3 is 0 Å². The van der Waals surface area contributed by atoms with E-state index in [4.69, 9.17) is 0 Å². The molecular weight excluding hydrogens is 370 g/mol. The lowest BCUT2D eigenvalue weighted by molar-refractivity contribution is 0.569. The lowest BCUT2D eigenvalue weighted by atomic mass is 10.2. The molecule has 0 saturated carbocycles. The third kappa shape index (κ3) is 5.46. The fraction of sp³-hybridized carbons (Fsp3) is 0.478. The molecule has 0 heterocycles. The summed E-state index contributed by atoms with van der Waals surface area (Å²) in [4.78, 5) is 0. The lowest BCUT2D eigenvalue weighted by Gasteiger charge is -2.28. The first-order chi connectivity index (χ1) is 12.9. The zero-order chi connectivity index (χ0) is 19.9. The normalized spacial score (nSPS) is 12.3. The van der Waals surface area contributed by atoms with Crippen LogP contribution in [-0.2, 0) is 9.13 Å². The smallest absolute Gasteiger partial charge is 0.150 e. The van der Waals surface area contributed by atoms with Crippen LogP contribution < -0.4 is 10.6 Å². The summed E-state index contributed by atoms with van der Waals surface area (Å²) in [5, 5.41) is 1.76. The Morgan fingerprint density at radius 3 is 1.48 bits per heavy atom. The van der Waals surface area contributed by atoms with E-state index in [1.54, 1.807) is 0 Å². The summed E-state index contributed by atoms with van der Waals surface area (Å²) in [6, 6.07) is 15.9. The van der Waals surface area contributed by atoms with Crippen LogP contribution in [0.4, 0.5) is 0 Å². The predicted octanol–water partition coefficient (Wildman–Crippen LogP) is 6.54. The molecule has 0 bridgehead atoms. The first-order valence-corrected chi connectivity index (χ1v) is 14.3. The summed E-state index contributed by atoms with van der Waals surface area (Å²) < 4.78 is 28.6. The summed E-state index contributed by atoms with van der Waals surface area (Å²) in [6.45, 7) is 8.30. The summed E-state index contributed by atoms with van der Waals surface area (Å²) >= 11 is 0. The highest BCUT2D eigenvalue weighted by Gasteiger charge is 2.37. The quantitative estimate of drug-likeness (QED) is 0.422. The molecule has 27 heavy (non-hydrogen) atoms. The molecule has 0 unspecified atom stereocenters. The molecule has 2 rings (SSSR count). The molecule has 0 amide bonds. The van der Waals surface area contributed by atoms with Crippen LogP contribution in [0.5, 0.6) is 0 Å². The topological polar surface area (TPSA) is 34.1 Å². The predicted molar refractivity (Wildman–Crippen MR) is 121 cm³/mol. The van der Waals surface area contributed by atoms with Gasteiger partial charge in [0.1, 0.15) is 0 Å². The van der Waals surface area contributed by atoms with E-state index in [9.17, 15) is 9.13 Å². The largest absolute Gasteiger partial charge is 0.323 e. The van der Waals surface area contributed by atoms with Crippen LogP contribution in [0.25, 0.3) is 0 Å². The number of unbranched alkanes of at least 4 members (excludes halogenated alkanes) is 2. The van der Waals surface area contributed by atoms with Crippen LogP contribution >= 0.6 is 14.3 Å². The Balaban J connectivity index is 2.59. The first kappa shape index (κ1) is 22.2. The van der Waals surface area contributed by atoms with E-state index in [0.29, 0.717) is 18.2 Å². The van der Waals surface area contributed by atoms with Gasteiger partial charge in [-0.1, -0.05) is 75.2 Å². The van der Waals surface area contributed by atoms with E-state index in [0.717, 1.165) is 47.4 Å². The Labute approximate surface area is 165 Å². The van der Waals surface area contributed by atoms with Crippen LogP contribution in [0.2, 0.25) is 0 Å². The lowest BCUT2D eigenvalue weighted by Crippen LogP contribution is -2.23. The second-order valence-electron chi connectivity index (χ2n) is 7.67. The number of benzene rings is 2. The molecule has 0 fully saturated rings. The molecule has 2 aromatic carbocycles. The maximum atomic E-state index is 14.6. The van der Waals surface area contributed by atoms with Gasteiger partial charge in [-0.2, -0.15) is 0 Å². The van der Waals surface area contributed by atoms with Crippen molar-refractivity contribution < 1.29 is 9.13 Å². The maximum Gasteiger partial charge on any atom is 0.150 e. The zero-order valence-corrected chi connectivity index (χ0v) is 19.1. The Morgan fingerprint density at radius 1 is 0.704 bits per heavy atom. The van der Waals surface area contributed by atoms with Gasteiger partial charge in [-0.3, -0.25) is 0 Å². The van der Waals surface area contributed by atoms with Crippen molar-refractivity contribution in [3.05, 3.63) is 59.7 Å². The summed E-state index contributed by atoms with van der Waals surface area (Å²) in [5.74, 6) is 0.329. The highest BCUT2D eigenvalue weighted by atomic mass is 31.2. The molecule has 0 aliphatic heterocycles. The highest BCUT2D eigenvalue weighted by molar-refractivity contribution is 7.89. The van der Waals surface area contributed by atoms with Gasteiger partial charge in [0, 0.05) is 22.9 Å². The molecular formula is C23H34O2P2. The van der Waals surface area contributed by atoms with Crippen molar-refractivity contribution in [3.63, 3.8) is 0 Å². The van der Waals surface area contributed by atoms with Crippen molar-refractivity contribution in [2.45, 2.75) is 53.4 Å². The van der Waals surface area contributed by atoms with E-state index in [-0.39, 0.29) is 0 Å². The standard InChI is InChI=1S/C23H34O2P2/c1-5-7-17-26(24,18-8-6-2)19-27(25,22-15-11-9-13-20(22)3)23-16-12-10-14-21(23)4/h9-16H,5-8,17-19H2,1-4H3. The van der Waals surface area contributed by atoms with Gasteiger partial charge in [0.2, 0.25) is 0 Å². The van der Waals surface area contributed by atoms with Crippen LogP contribution in [0.3, 0.4) is 0 Å². The van der Waals surface area contributed by atoms with Crippen molar-refractivity contribution in [1.29, 1.82) is 0 Å². The van der Waals surface area contributed by atoms with Gasteiger partial charge < -0.3 is 9.13 Å². The zero-order valence-electron chi connectivity index (χ0n) is 17.3. The molecule has 4 heteroatoms. The van der Waals surface area contributed by atoms with Crippen LogP contribution in [-0.4, -0.2) is 18.2 Å². The minimum Gasteiger partial charge on any atom is -0.323 e. The van der Waals surface area contributed by atoms with E-state index < -0.39 is 14.3 Å². The van der Waals surface area contributed by atoms with Gasteiger partial charge in [-0.25, -0.2) is 0 Å². The van der Waals surface area contributed by atoms with Crippen molar-refractivity contribution in [2.75, 3.05) is 18.2 Å². The Bertz CT molecular complexity index is 780. The molecule has 0 aromatic heterocycles. The third-order valence-corrected chi connectivity index (χ3v) is 13.8. The number of aryl methyl sites for hydroxylation is 2. The van der Waals surface area contributed by atoms with Gasteiger partial charge in [-0.05, 0) is 37.8 Å². The first-order valence-electron chi connectivity index (χ1n) is 10.1. The second-order valence-corrected chi connectivity index (χ2v) is 14.3. The van der Waals surface area contributed by atoms with Crippen molar-refractivity contribution >= 4 is 24.9 Å². The van der Waals surface area contributed by atoms with Gasteiger partial charge in [0.25, 0.3) is 0 Å². The van der Waals surface area contributed by atoms with Gasteiger partial charge in [0.15, 0.2) is 7.14 Å². The average molecular weight is 404 g/mol. The highest BCUT2D eigenvalue weighted by Crippen LogP contribution is 2.61. The summed E-state index contributed by atoms with van der Waals surface area (Å²) in [5.41, 5.74) is 2.06. The van der Waals surface area contributed by atoms with E-state index in [1.807, 2.05) is 62.4 Å². The molecule has 148 valence electrons. The minimum atomic E-state index is -2.96. The fourth-order valence-electron chi connectivity index (χ4n) is 3.73. The molecule has 2 nitrogen and oxygen atoms in total. The van der Waals surface area contributed by atoms with Gasteiger partial charge in [-0.15, -0.1) is 0 Å². The van der Waals surface area contributed by atoms with Crippen LogP contribution in [0.1, 0.15) is 50.7 Å². The number of hydrogen-bond donors (Lipinski definition) is 0. The SMILES string of the molecule is CCCCP(=O)(CCCC)CP(=O)(c1ccccc1C)c1ccccc1C. The van der Waals surface area contributed by atoms with E-state index >= 15 is 0 Å². The van der Waals surface area contributed by atoms with Crippen molar-refractivity contribution in [1.82, 2.24) is 0 Å². The molecule has 0 aliphatic carbocycles. The van der Waals surface area contributed by atoms with E-state index in [2.05, 4.69) is 13.8 Å². The van der Waals surface area contributed by atoms with E-state index in [1.165, 1.54) is 0 Å². The van der Waals surface area contributed by atoms with Crippen molar-refractivity contribution in [2.24, 2.45) is 0 Å². The Morgan fingerprint density at radius 2 is 1.11 bits per heavy atom. The van der Waals surface area contributed by atoms with Crippen molar-refractivity contribution in [3.8, 4) is 0 Å². The monoisotopic (exact) mass is 404 g/mol. The maximum absolute atomic E-state index is 14.6. The summed E-state index contributed by atoms with van der Waals surface area (Å²) in [7, 11) is -5.47. The molecule has 0 radical (unpaired) electrons. The molecule has 2 aromatic rings. The Hall–Kier alpha value is -1.10.